The Bertz CT molecular complexity index is 243. The van der Waals surface area contributed by atoms with Gasteiger partial charge in [-0.1, -0.05) is 19.3 Å². The largest absolute Gasteiger partial charge is 0.401 e. The minimum atomic E-state index is -4.05. The van der Waals surface area contributed by atoms with Crippen LogP contribution in [0.4, 0.5) is 13.2 Å². The molecule has 2 fully saturated rings. The summed E-state index contributed by atoms with van der Waals surface area (Å²) in [7, 11) is 0. The molecule has 0 spiro atoms. The van der Waals surface area contributed by atoms with Crippen LogP contribution < -0.4 is 5.32 Å². The van der Waals surface area contributed by atoms with Crippen LogP contribution in [-0.2, 0) is 0 Å². The molecule has 0 bridgehead atoms. The van der Waals surface area contributed by atoms with Crippen LogP contribution in [0.25, 0.3) is 0 Å². The highest BCUT2D eigenvalue weighted by atomic mass is 19.4. The van der Waals surface area contributed by atoms with Gasteiger partial charge in [-0.15, -0.1) is 0 Å². The molecule has 5 heteroatoms. The summed E-state index contributed by atoms with van der Waals surface area (Å²) in [5, 5.41) is 3.50. The van der Waals surface area contributed by atoms with Gasteiger partial charge in [0.25, 0.3) is 0 Å². The first-order chi connectivity index (χ1) is 8.53. The van der Waals surface area contributed by atoms with Crippen molar-refractivity contribution >= 4 is 0 Å². The maximum atomic E-state index is 12.2. The number of alkyl halides is 3. The highest BCUT2D eigenvalue weighted by Gasteiger charge is 2.32. The number of halogens is 3. The van der Waals surface area contributed by atoms with Gasteiger partial charge in [0.2, 0.25) is 0 Å². The molecule has 0 aromatic heterocycles. The van der Waals surface area contributed by atoms with E-state index in [2.05, 4.69) is 5.32 Å². The number of hydrogen-bond acceptors (Lipinski definition) is 2. The van der Waals surface area contributed by atoms with Crippen molar-refractivity contribution in [3.63, 3.8) is 0 Å². The highest BCUT2D eigenvalue weighted by molar-refractivity contribution is 4.79. The van der Waals surface area contributed by atoms with Gasteiger partial charge in [0, 0.05) is 6.04 Å². The van der Waals surface area contributed by atoms with Crippen LogP contribution in [0.5, 0.6) is 0 Å². The van der Waals surface area contributed by atoms with E-state index in [1.165, 1.54) is 30.6 Å². The molecule has 1 N–H and O–H groups in total. The van der Waals surface area contributed by atoms with Gasteiger partial charge in [-0.25, -0.2) is 0 Å². The lowest BCUT2D eigenvalue weighted by Crippen LogP contribution is -2.45. The molecule has 1 saturated carbocycles. The van der Waals surface area contributed by atoms with Gasteiger partial charge in [0.15, 0.2) is 0 Å². The summed E-state index contributed by atoms with van der Waals surface area (Å²) in [5.41, 5.74) is 0. The highest BCUT2D eigenvalue weighted by Crippen LogP contribution is 2.29. The van der Waals surface area contributed by atoms with Crippen molar-refractivity contribution in [2.24, 2.45) is 5.92 Å². The summed E-state index contributed by atoms with van der Waals surface area (Å²) in [6, 6.07) is 0.426. The standard InChI is InChI=1S/C13H23F3N2/c14-13(15,16)10-18-8-5-12(6-9-18)17-7-4-11-2-1-3-11/h11-12,17H,1-10H2. The smallest absolute Gasteiger partial charge is 0.314 e. The molecule has 18 heavy (non-hydrogen) atoms. The monoisotopic (exact) mass is 264 g/mol. The topological polar surface area (TPSA) is 15.3 Å². The zero-order valence-electron chi connectivity index (χ0n) is 10.8. The van der Waals surface area contributed by atoms with E-state index in [0.29, 0.717) is 19.1 Å². The van der Waals surface area contributed by atoms with Crippen molar-refractivity contribution in [1.82, 2.24) is 10.2 Å². The first-order valence-electron chi connectivity index (χ1n) is 7.05. The van der Waals surface area contributed by atoms with Gasteiger partial charge >= 0.3 is 6.18 Å². The second kappa shape index (κ2) is 6.24. The first-order valence-corrected chi connectivity index (χ1v) is 7.05. The van der Waals surface area contributed by atoms with Gasteiger partial charge in [0.1, 0.15) is 0 Å². The Balaban J connectivity index is 1.55. The number of piperidine rings is 1. The maximum absolute atomic E-state index is 12.2. The third-order valence-corrected chi connectivity index (χ3v) is 4.20. The van der Waals surface area contributed by atoms with E-state index in [1.807, 2.05) is 0 Å². The maximum Gasteiger partial charge on any atom is 0.401 e. The van der Waals surface area contributed by atoms with Gasteiger partial charge in [-0.2, -0.15) is 13.2 Å². The van der Waals surface area contributed by atoms with Gasteiger partial charge < -0.3 is 5.32 Å². The van der Waals surface area contributed by atoms with Gasteiger partial charge in [-0.05, 0) is 44.8 Å². The normalized spacial score (nSPS) is 24.2. The number of likely N-dealkylation sites (tertiary alicyclic amines) is 1. The number of nitrogens with zero attached hydrogens (tertiary/aromatic N) is 1. The van der Waals surface area contributed by atoms with Crippen LogP contribution in [0, 0.1) is 5.92 Å². The second-order valence-corrected chi connectivity index (χ2v) is 5.71. The molecule has 0 unspecified atom stereocenters. The van der Waals surface area contributed by atoms with E-state index >= 15 is 0 Å². The predicted molar refractivity (Wildman–Crippen MR) is 65.5 cm³/mol. The average molecular weight is 264 g/mol. The second-order valence-electron chi connectivity index (χ2n) is 5.71. The third kappa shape index (κ3) is 4.76. The summed E-state index contributed by atoms with van der Waals surface area (Å²) in [4.78, 5) is 1.52. The van der Waals surface area contributed by atoms with Crippen LogP contribution in [0.3, 0.4) is 0 Å². The van der Waals surface area contributed by atoms with Crippen LogP contribution >= 0.6 is 0 Å². The van der Waals surface area contributed by atoms with Crippen molar-refractivity contribution in [3.8, 4) is 0 Å². The molecule has 2 aliphatic rings. The predicted octanol–water partition coefficient (Wildman–Crippen LogP) is 2.79. The number of rotatable bonds is 5. The van der Waals surface area contributed by atoms with Crippen LogP contribution in [0.15, 0.2) is 0 Å². The lowest BCUT2D eigenvalue weighted by molar-refractivity contribution is -0.148. The Kier molecular flexibility index (Phi) is 4.90. The average Bonchev–Trinajstić information content (AvgIpc) is 2.22. The molecule has 2 nitrogen and oxygen atoms in total. The Morgan fingerprint density at radius 2 is 1.72 bits per heavy atom. The zero-order valence-corrected chi connectivity index (χ0v) is 10.8. The molecule has 1 aliphatic heterocycles. The quantitative estimate of drug-likeness (QED) is 0.821. The van der Waals surface area contributed by atoms with E-state index in [1.54, 1.807) is 0 Å². The molecule has 0 radical (unpaired) electrons. The van der Waals surface area contributed by atoms with E-state index in [0.717, 1.165) is 25.3 Å². The lowest BCUT2D eigenvalue weighted by atomic mass is 9.83. The fourth-order valence-corrected chi connectivity index (χ4v) is 2.82. The number of hydrogen-bond donors (Lipinski definition) is 1. The molecule has 1 saturated heterocycles. The van der Waals surface area contributed by atoms with Crippen molar-refractivity contribution in [2.45, 2.75) is 50.7 Å². The minimum absolute atomic E-state index is 0.426. The van der Waals surface area contributed by atoms with E-state index < -0.39 is 12.7 Å². The Hall–Kier alpha value is -0.290. The summed E-state index contributed by atoms with van der Waals surface area (Å²) in [5.74, 6) is 0.905. The summed E-state index contributed by atoms with van der Waals surface area (Å²) in [6.07, 6.45) is 2.99. The molecule has 0 atom stereocenters. The van der Waals surface area contributed by atoms with E-state index in [-0.39, 0.29) is 0 Å². The third-order valence-electron chi connectivity index (χ3n) is 4.20. The summed E-state index contributed by atoms with van der Waals surface area (Å²) in [6.45, 7) is 1.43. The van der Waals surface area contributed by atoms with Crippen molar-refractivity contribution in [1.29, 1.82) is 0 Å². The molecular weight excluding hydrogens is 241 g/mol. The van der Waals surface area contributed by atoms with Crippen LogP contribution in [0.2, 0.25) is 0 Å². The molecule has 106 valence electrons. The zero-order chi connectivity index (χ0) is 13.0. The molecule has 1 heterocycles. The fraction of sp³-hybridized carbons (Fsp3) is 1.00. The van der Waals surface area contributed by atoms with E-state index in [4.69, 9.17) is 0 Å². The molecule has 2 rings (SSSR count). The van der Waals surface area contributed by atoms with Gasteiger partial charge in [-0.3, -0.25) is 4.90 Å². The van der Waals surface area contributed by atoms with E-state index in [9.17, 15) is 13.2 Å². The molecule has 0 aromatic carbocycles. The Morgan fingerprint density at radius 3 is 2.22 bits per heavy atom. The Morgan fingerprint density at radius 1 is 1.06 bits per heavy atom. The minimum Gasteiger partial charge on any atom is -0.314 e. The fourth-order valence-electron chi connectivity index (χ4n) is 2.82. The summed E-state index contributed by atoms with van der Waals surface area (Å²) < 4.78 is 36.7. The number of nitrogens with one attached hydrogen (secondary N) is 1. The Labute approximate surface area is 107 Å². The molecule has 0 aromatic rings. The lowest BCUT2D eigenvalue weighted by Gasteiger charge is -2.33. The van der Waals surface area contributed by atoms with Crippen molar-refractivity contribution in [2.75, 3.05) is 26.2 Å². The van der Waals surface area contributed by atoms with Crippen molar-refractivity contribution in [3.05, 3.63) is 0 Å². The van der Waals surface area contributed by atoms with Gasteiger partial charge in [0.05, 0.1) is 6.54 Å². The first kappa shape index (κ1) is 14.1. The van der Waals surface area contributed by atoms with Crippen LogP contribution in [0.1, 0.15) is 38.5 Å². The summed E-state index contributed by atoms with van der Waals surface area (Å²) >= 11 is 0. The van der Waals surface area contributed by atoms with Crippen LogP contribution in [-0.4, -0.2) is 43.3 Å². The molecule has 1 aliphatic carbocycles. The molecule has 0 amide bonds. The SMILES string of the molecule is FC(F)(F)CN1CCC(NCCC2CCC2)CC1. The molecular formula is C13H23F3N2. The van der Waals surface area contributed by atoms with Crippen molar-refractivity contribution < 1.29 is 13.2 Å².